The Hall–Kier alpha value is -1.58. The van der Waals surface area contributed by atoms with Crippen LogP contribution in [0.5, 0.6) is 0 Å². The molecule has 2 aromatic rings. The molecule has 4 heteroatoms. The lowest BCUT2D eigenvalue weighted by atomic mass is 10.1. The number of hydrogen-bond donors (Lipinski definition) is 0. The van der Waals surface area contributed by atoms with Gasteiger partial charge in [0.15, 0.2) is 0 Å². The molecule has 0 aromatic carbocycles. The van der Waals surface area contributed by atoms with E-state index in [-0.39, 0.29) is 0 Å². The lowest BCUT2D eigenvalue weighted by Crippen LogP contribution is -2.00. The zero-order valence-corrected chi connectivity index (χ0v) is 9.38. The highest BCUT2D eigenvalue weighted by Crippen LogP contribution is 2.12. The normalized spacial score (nSPS) is 11.2. The van der Waals surface area contributed by atoms with E-state index in [1.54, 1.807) is 0 Å². The van der Waals surface area contributed by atoms with E-state index in [0.717, 1.165) is 12.2 Å². The van der Waals surface area contributed by atoms with Crippen molar-refractivity contribution in [1.29, 1.82) is 0 Å². The van der Waals surface area contributed by atoms with Gasteiger partial charge in [-0.15, -0.1) is 0 Å². The van der Waals surface area contributed by atoms with Crippen LogP contribution in [0.4, 0.5) is 0 Å². The molecule has 0 aliphatic carbocycles. The third-order valence-electron chi connectivity index (χ3n) is 2.40. The van der Waals surface area contributed by atoms with Gasteiger partial charge in [0.05, 0.1) is 24.8 Å². The molecule has 2 rings (SSSR count). The predicted octanol–water partition coefficient (Wildman–Crippen LogP) is 1.79. The maximum absolute atomic E-state index is 4.31. The molecule has 4 nitrogen and oxygen atoms in total. The zero-order chi connectivity index (χ0) is 10.8. The van der Waals surface area contributed by atoms with Crippen molar-refractivity contribution in [2.24, 2.45) is 7.05 Å². The van der Waals surface area contributed by atoms with Crippen LogP contribution in [0.25, 0.3) is 0 Å². The first-order valence-electron chi connectivity index (χ1n) is 5.14. The number of hydrogen-bond acceptors (Lipinski definition) is 2. The average molecular weight is 204 g/mol. The van der Waals surface area contributed by atoms with Crippen molar-refractivity contribution in [3.8, 4) is 0 Å². The van der Waals surface area contributed by atoms with Crippen LogP contribution in [-0.2, 0) is 13.6 Å². The van der Waals surface area contributed by atoms with Crippen molar-refractivity contribution in [2.45, 2.75) is 26.3 Å². The molecule has 15 heavy (non-hydrogen) atoms. The van der Waals surface area contributed by atoms with Crippen LogP contribution in [0, 0.1) is 0 Å². The predicted molar refractivity (Wildman–Crippen MR) is 58.6 cm³/mol. The van der Waals surface area contributed by atoms with Gasteiger partial charge in [-0.25, -0.2) is 4.98 Å². The molecule has 2 heterocycles. The molecule has 2 aromatic heterocycles. The molecule has 0 spiro atoms. The standard InChI is InChI=1S/C11H16N4/c1-9(2)10-4-13-15(5-10)7-11-6-14(3)8-12-11/h4-6,8-9H,7H2,1-3H3. The van der Waals surface area contributed by atoms with E-state index in [9.17, 15) is 0 Å². The third kappa shape index (κ3) is 2.26. The van der Waals surface area contributed by atoms with E-state index in [4.69, 9.17) is 0 Å². The van der Waals surface area contributed by atoms with Gasteiger partial charge in [0.25, 0.3) is 0 Å². The van der Waals surface area contributed by atoms with E-state index in [0.29, 0.717) is 5.92 Å². The maximum atomic E-state index is 4.31. The molecule has 0 radical (unpaired) electrons. The fourth-order valence-electron chi connectivity index (χ4n) is 1.48. The minimum Gasteiger partial charge on any atom is -0.340 e. The molecule has 0 amide bonds. The van der Waals surface area contributed by atoms with Crippen LogP contribution in [0.3, 0.4) is 0 Å². The second-order valence-electron chi connectivity index (χ2n) is 4.16. The molecular weight excluding hydrogens is 188 g/mol. The Labute approximate surface area is 89.6 Å². The SMILES string of the molecule is CC(C)c1cnn(Cc2cn(C)cn2)c1. The average Bonchev–Trinajstić information content (AvgIpc) is 2.76. The summed E-state index contributed by atoms with van der Waals surface area (Å²) >= 11 is 0. The van der Waals surface area contributed by atoms with Crippen LogP contribution in [0.15, 0.2) is 24.9 Å². The Morgan fingerprint density at radius 1 is 1.33 bits per heavy atom. The highest BCUT2D eigenvalue weighted by atomic mass is 15.3. The summed E-state index contributed by atoms with van der Waals surface area (Å²) in [5, 5.41) is 4.31. The number of aryl methyl sites for hydroxylation is 1. The number of aromatic nitrogens is 4. The molecule has 0 aliphatic rings. The van der Waals surface area contributed by atoms with Crippen LogP contribution >= 0.6 is 0 Å². The van der Waals surface area contributed by atoms with Gasteiger partial charge in [-0.05, 0) is 11.5 Å². The summed E-state index contributed by atoms with van der Waals surface area (Å²) < 4.78 is 3.87. The smallest absolute Gasteiger partial charge is 0.0947 e. The van der Waals surface area contributed by atoms with Crippen LogP contribution in [0.2, 0.25) is 0 Å². The van der Waals surface area contributed by atoms with E-state index >= 15 is 0 Å². The lowest BCUT2D eigenvalue weighted by molar-refractivity contribution is 0.673. The quantitative estimate of drug-likeness (QED) is 0.764. The minimum atomic E-state index is 0.530. The highest BCUT2D eigenvalue weighted by molar-refractivity contribution is 5.09. The molecule has 0 atom stereocenters. The largest absolute Gasteiger partial charge is 0.340 e. The van der Waals surface area contributed by atoms with E-state index in [1.807, 2.05) is 35.0 Å². The van der Waals surface area contributed by atoms with Gasteiger partial charge in [0.1, 0.15) is 0 Å². The van der Waals surface area contributed by atoms with Gasteiger partial charge in [0, 0.05) is 19.4 Å². The topological polar surface area (TPSA) is 35.6 Å². The summed E-state index contributed by atoms with van der Waals surface area (Å²) in [6.45, 7) is 5.08. The van der Waals surface area contributed by atoms with Gasteiger partial charge in [-0.2, -0.15) is 5.10 Å². The number of nitrogens with zero attached hydrogens (tertiary/aromatic N) is 4. The lowest BCUT2D eigenvalue weighted by Gasteiger charge is -1.98. The molecule has 0 N–H and O–H groups in total. The minimum absolute atomic E-state index is 0.530. The Bertz CT molecular complexity index is 439. The monoisotopic (exact) mass is 204 g/mol. The van der Waals surface area contributed by atoms with Crippen molar-refractivity contribution in [3.05, 3.63) is 36.2 Å². The van der Waals surface area contributed by atoms with Crippen molar-refractivity contribution in [3.63, 3.8) is 0 Å². The van der Waals surface area contributed by atoms with Crippen LogP contribution in [-0.4, -0.2) is 19.3 Å². The van der Waals surface area contributed by atoms with Gasteiger partial charge >= 0.3 is 0 Å². The summed E-state index contributed by atoms with van der Waals surface area (Å²) in [5.74, 6) is 0.530. The van der Waals surface area contributed by atoms with Crippen molar-refractivity contribution in [2.75, 3.05) is 0 Å². The Morgan fingerprint density at radius 2 is 2.13 bits per heavy atom. The van der Waals surface area contributed by atoms with E-state index in [1.165, 1.54) is 5.56 Å². The van der Waals surface area contributed by atoms with Gasteiger partial charge in [-0.1, -0.05) is 13.8 Å². The first kappa shape index (κ1) is 9.96. The van der Waals surface area contributed by atoms with Gasteiger partial charge in [-0.3, -0.25) is 4.68 Å². The summed E-state index contributed by atoms with van der Waals surface area (Å²) in [7, 11) is 1.97. The Kier molecular flexibility index (Phi) is 2.58. The fourth-order valence-corrected chi connectivity index (χ4v) is 1.48. The van der Waals surface area contributed by atoms with Crippen molar-refractivity contribution < 1.29 is 0 Å². The molecule has 0 saturated carbocycles. The maximum Gasteiger partial charge on any atom is 0.0947 e. The Balaban J connectivity index is 2.11. The third-order valence-corrected chi connectivity index (χ3v) is 2.40. The molecular formula is C11H16N4. The molecule has 0 fully saturated rings. The first-order valence-corrected chi connectivity index (χ1v) is 5.14. The molecule has 0 aliphatic heterocycles. The van der Waals surface area contributed by atoms with Gasteiger partial charge in [0.2, 0.25) is 0 Å². The highest BCUT2D eigenvalue weighted by Gasteiger charge is 2.04. The van der Waals surface area contributed by atoms with Gasteiger partial charge < -0.3 is 4.57 Å². The summed E-state index contributed by atoms with van der Waals surface area (Å²) in [6, 6.07) is 0. The number of rotatable bonds is 3. The first-order chi connectivity index (χ1) is 7.15. The summed E-state index contributed by atoms with van der Waals surface area (Å²) in [6.07, 6.45) is 7.83. The molecule has 80 valence electrons. The van der Waals surface area contributed by atoms with Crippen molar-refractivity contribution in [1.82, 2.24) is 19.3 Å². The van der Waals surface area contributed by atoms with E-state index in [2.05, 4.69) is 30.1 Å². The van der Waals surface area contributed by atoms with E-state index < -0.39 is 0 Å². The van der Waals surface area contributed by atoms with Crippen LogP contribution in [0.1, 0.15) is 31.0 Å². The molecule has 0 bridgehead atoms. The molecule has 0 unspecified atom stereocenters. The zero-order valence-electron chi connectivity index (χ0n) is 9.38. The Morgan fingerprint density at radius 3 is 2.67 bits per heavy atom. The summed E-state index contributed by atoms with van der Waals surface area (Å²) in [5.41, 5.74) is 2.31. The van der Waals surface area contributed by atoms with Crippen molar-refractivity contribution >= 4 is 0 Å². The summed E-state index contributed by atoms with van der Waals surface area (Å²) in [4.78, 5) is 4.27. The number of imidazole rings is 1. The van der Waals surface area contributed by atoms with Crippen LogP contribution < -0.4 is 0 Å². The second-order valence-corrected chi connectivity index (χ2v) is 4.16. The fraction of sp³-hybridized carbons (Fsp3) is 0.455. The molecule has 0 saturated heterocycles. The second kappa shape index (κ2) is 3.88.